The number of ether oxygens (including phenoxy) is 1. The summed E-state index contributed by atoms with van der Waals surface area (Å²) in [7, 11) is 3.68. The number of nitrogens with zero attached hydrogens (tertiary/aromatic N) is 3. The summed E-state index contributed by atoms with van der Waals surface area (Å²) in [6.45, 7) is 4.51. The van der Waals surface area contributed by atoms with Gasteiger partial charge in [-0.2, -0.15) is 5.10 Å². The summed E-state index contributed by atoms with van der Waals surface area (Å²) < 4.78 is 7.23. The minimum Gasteiger partial charge on any atom is -0.373 e. The van der Waals surface area contributed by atoms with E-state index in [4.69, 9.17) is 4.74 Å². The maximum atomic E-state index is 12.4. The highest BCUT2D eigenvalue weighted by Crippen LogP contribution is 2.11. The van der Waals surface area contributed by atoms with Crippen LogP contribution in [0.4, 0.5) is 0 Å². The molecule has 0 aromatic carbocycles. The quantitative estimate of drug-likeness (QED) is 0.808. The topological polar surface area (TPSA) is 59.4 Å². The molecule has 2 rings (SSSR count). The van der Waals surface area contributed by atoms with E-state index in [9.17, 15) is 4.79 Å². The molecular formula is C12H20N4O2. The molecule has 0 radical (unpaired) electrons. The van der Waals surface area contributed by atoms with Crippen molar-refractivity contribution in [2.75, 3.05) is 33.3 Å². The van der Waals surface area contributed by atoms with Gasteiger partial charge in [-0.15, -0.1) is 0 Å². The van der Waals surface area contributed by atoms with Gasteiger partial charge < -0.3 is 15.0 Å². The van der Waals surface area contributed by atoms with Gasteiger partial charge in [0.15, 0.2) is 0 Å². The van der Waals surface area contributed by atoms with Crippen molar-refractivity contribution < 1.29 is 9.53 Å². The molecular weight excluding hydrogens is 232 g/mol. The van der Waals surface area contributed by atoms with Crippen molar-refractivity contribution in [3.8, 4) is 0 Å². The van der Waals surface area contributed by atoms with E-state index in [0.29, 0.717) is 25.4 Å². The zero-order valence-electron chi connectivity index (χ0n) is 11.1. The summed E-state index contributed by atoms with van der Waals surface area (Å²) in [6, 6.07) is 1.82. The number of hydrogen-bond acceptors (Lipinski definition) is 4. The van der Waals surface area contributed by atoms with Crippen LogP contribution in [-0.2, 0) is 11.8 Å². The van der Waals surface area contributed by atoms with E-state index < -0.39 is 0 Å². The number of likely N-dealkylation sites (N-methyl/N-ethyl adjacent to an activating group) is 1. The number of morpholine rings is 1. The van der Waals surface area contributed by atoms with Crippen LogP contribution in [0, 0.1) is 6.92 Å². The zero-order chi connectivity index (χ0) is 13.1. The third-order valence-corrected chi connectivity index (χ3v) is 3.08. The van der Waals surface area contributed by atoms with Crippen molar-refractivity contribution in [2.24, 2.45) is 7.05 Å². The average Bonchev–Trinajstić information content (AvgIpc) is 2.68. The van der Waals surface area contributed by atoms with Gasteiger partial charge in [-0.05, 0) is 20.0 Å². The molecule has 1 aromatic rings. The Bertz CT molecular complexity index is 428. The maximum Gasteiger partial charge on any atom is 0.272 e. The number of nitrogens with one attached hydrogen (secondary N) is 1. The van der Waals surface area contributed by atoms with Crippen LogP contribution < -0.4 is 5.32 Å². The standard InChI is InChI=1S/C12H20N4O2/c1-9-6-11(15(3)14-9)12(17)16-4-5-18-10(8-16)7-13-2/h6,10,13H,4-5,7-8H2,1-3H3. The first-order valence-corrected chi connectivity index (χ1v) is 6.18. The van der Waals surface area contributed by atoms with E-state index >= 15 is 0 Å². The Hall–Kier alpha value is -1.40. The average molecular weight is 252 g/mol. The highest BCUT2D eigenvalue weighted by molar-refractivity contribution is 5.92. The first-order valence-electron chi connectivity index (χ1n) is 6.18. The summed E-state index contributed by atoms with van der Waals surface area (Å²) in [5.74, 6) is 0.0301. The molecule has 1 amide bonds. The minimum absolute atomic E-state index is 0.0301. The van der Waals surface area contributed by atoms with Crippen LogP contribution in [0.5, 0.6) is 0 Å². The highest BCUT2D eigenvalue weighted by Gasteiger charge is 2.26. The summed E-state index contributed by atoms with van der Waals surface area (Å²) in [6.07, 6.45) is 0.0713. The predicted molar refractivity (Wildman–Crippen MR) is 67.5 cm³/mol. The van der Waals surface area contributed by atoms with Crippen LogP contribution in [0.3, 0.4) is 0 Å². The lowest BCUT2D eigenvalue weighted by Gasteiger charge is -2.32. The lowest BCUT2D eigenvalue weighted by Crippen LogP contribution is -2.48. The first-order chi connectivity index (χ1) is 8.61. The van der Waals surface area contributed by atoms with Gasteiger partial charge in [0.05, 0.1) is 18.4 Å². The molecule has 0 bridgehead atoms. The SMILES string of the molecule is CNCC1CN(C(=O)c2cc(C)nn2C)CCO1. The lowest BCUT2D eigenvalue weighted by atomic mass is 10.2. The Morgan fingerprint density at radius 3 is 3.06 bits per heavy atom. The van der Waals surface area contributed by atoms with Gasteiger partial charge in [-0.1, -0.05) is 0 Å². The fourth-order valence-corrected chi connectivity index (χ4v) is 2.23. The van der Waals surface area contributed by atoms with Gasteiger partial charge in [-0.3, -0.25) is 9.48 Å². The van der Waals surface area contributed by atoms with Gasteiger partial charge in [-0.25, -0.2) is 0 Å². The Morgan fingerprint density at radius 2 is 2.44 bits per heavy atom. The molecule has 6 heteroatoms. The molecule has 0 saturated carbocycles. The molecule has 18 heavy (non-hydrogen) atoms. The van der Waals surface area contributed by atoms with Gasteiger partial charge in [0.25, 0.3) is 5.91 Å². The van der Waals surface area contributed by atoms with Gasteiger partial charge in [0, 0.05) is 26.7 Å². The molecule has 100 valence electrons. The van der Waals surface area contributed by atoms with Crippen molar-refractivity contribution in [1.29, 1.82) is 0 Å². The molecule has 0 aliphatic carbocycles. The van der Waals surface area contributed by atoms with E-state index in [-0.39, 0.29) is 12.0 Å². The van der Waals surface area contributed by atoms with Crippen LogP contribution in [0.1, 0.15) is 16.2 Å². The summed E-state index contributed by atoms with van der Waals surface area (Å²) in [4.78, 5) is 14.2. The summed E-state index contributed by atoms with van der Waals surface area (Å²) >= 11 is 0. The monoisotopic (exact) mass is 252 g/mol. The molecule has 1 saturated heterocycles. The normalized spacial score (nSPS) is 20.2. The van der Waals surface area contributed by atoms with Crippen LogP contribution >= 0.6 is 0 Å². The number of carbonyl (C=O) groups is 1. The van der Waals surface area contributed by atoms with Crippen LogP contribution in [0.15, 0.2) is 6.07 Å². The molecule has 1 fully saturated rings. The van der Waals surface area contributed by atoms with Gasteiger partial charge >= 0.3 is 0 Å². The smallest absolute Gasteiger partial charge is 0.272 e. The molecule has 1 N–H and O–H groups in total. The van der Waals surface area contributed by atoms with Crippen molar-refractivity contribution >= 4 is 5.91 Å². The molecule has 1 aliphatic rings. The number of rotatable bonds is 3. The fraction of sp³-hybridized carbons (Fsp3) is 0.667. The molecule has 1 aliphatic heterocycles. The molecule has 1 aromatic heterocycles. The predicted octanol–water partition coefficient (Wildman–Crippen LogP) is -0.211. The third kappa shape index (κ3) is 2.70. The van der Waals surface area contributed by atoms with Crippen LogP contribution in [0.25, 0.3) is 0 Å². The molecule has 1 unspecified atom stereocenters. The van der Waals surface area contributed by atoms with Crippen molar-refractivity contribution in [1.82, 2.24) is 20.0 Å². The van der Waals surface area contributed by atoms with Crippen LogP contribution in [0.2, 0.25) is 0 Å². The van der Waals surface area contributed by atoms with E-state index in [1.165, 1.54) is 0 Å². The Kier molecular flexibility index (Phi) is 3.98. The third-order valence-electron chi connectivity index (χ3n) is 3.08. The largest absolute Gasteiger partial charge is 0.373 e. The minimum atomic E-state index is 0.0301. The lowest BCUT2D eigenvalue weighted by molar-refractivity contribution is -0.0199. The Morgan fingerprint density at radius 1 is 1.67 bits per heavy atom. The second kappa shape index (κ2) is 5.49. The second-order valence-electron chi connectivity index (χ2n) is 4.60. The zero-order valence-corrected chi connectivity index (χ0v) is 11.1. The molecule has 6 nitrogen and oxygen atoms in total. The first kappa shape index (κ1) is 13.0. The Balaban J connectivity index is 2.06. The summed E-state index contributed by atoms with van der Waals surface area (Å²) in [5, 5.41) is 7.28. The van der Waals surface area contributed by atoms with E-state index in [0.717, 1.165) is 12.2 Å². The number of aromatic nitrogens is 2. The number of amides is 1. The van der Waals surface area contributed by atoms with E-state index in [1.54, 1.807) is 11.7 Å². The van der Waals surface area contributed by atoms with Crippen molar-refractivity contribution in [3.05, 3.63) is 17.5 Å². The number of hydrogen-bond donors (Lipinski definition) is 1. The van der Waals surface area contributed by atoms with E-state index in [1.807, 2.05) is 24.9 Å². The number of aryl methyl sites for hydroxylation is 2. The van der Waals surface area contributed by atoms with Crippen LogP contribution in [-0.4, -0.2) is 60.0 Å². The summed E-state index contributed by atoms with van der Waals surface area (Å²) in [5.41, 5.74) is 1.50. The van der Waals surface area contributed by atoms with E-state index in [2.05, 4.69) is 10.4 Å². The second-order valence-corrected chi connectivity index (χ2v) is 4.60. The Labute approximate surface area is 107 Å². The fourth-order valence-electron chi connectivity index (χ4n) is 2.23. The van der Waals surface area contributed by atoms with Crippen molar-refractivity contribution in [3.63, 3.8) is 0 Å². The highest BCUT2D eigenvalue weighted by atomic mass is 16.5. The maximum absolute atomic E-state index is 12.4. The van der Waals surface area contributed by atoms with Crippen molar-refractivity contribution in [2.45, 2.75) is 13.0 Å². The molecule has 0 spiro atoms. The molecule has 1 atom stereocenters. The number of carbonyl (C=O) groups excluding carboxylic acids is 1. The van der Waals surface area contributed by atoms with Gasteiger partial charge in [0.2, 0.25) is 0 Å². The molecule has 2 heterocycles. The van der Waals surface area contributed by atoms with Gasteiger partial charge in [0.1, 0.15) is 5.69 Å².